The minimum Gasteiger partial charge on any atom is -0.381 e. The third kappa shape index (κ3) is 7.25. The Morgan fingerprint density at radius 2 is 0.636 bits per heavy atom. The summed E-state index contributed by atoms with van der Waals surface area (Å²) < 4.78 is 4.04. The summed E-state index contributed by atoms with van der Waals surface area (Å²) in [7, 11) is 0. The Hall–Kier alpha value is 3.22. The molecule has 0 spiro atoms. The predicted octanol–water partition coefficient (Wildman–Crippen LogP) is 13.6. The molecule has 0 saturated heterocycles. The maximum atomic E-state index is 6.37. The molecule has 0 aliphatic heterocycles. The van der Waals surface area contributed by atoms with E-state index in [-0.39, 0.29) is 50.2 Å². The molecule has 0 amide bonds. The number of rotatable bonds is 8. The van der Waals surface area contributed by atoms with Gasteiger partial charge in [-0.2, -0.15) is 0 Å². The maximum absolute atomic E-state index is 6.37. The van der Waals surface area contributed by atoms with Crippen molar-refractivity contribution >= 4 is 180 Å². The molecular weight excluding hydrogens is 906 g/mol. The van der Waals surface area contributed by atoms with Gasteiger partial charge in [0.15, 0.2) is 0 Å². The number of hydrogen-bond acceptors (Lipinski definition) is 1. The van der Waals surface area contributed by atoms with Crippen LogP contribution in [0.25, 0.3) is 0 Å². The van der Waals surface area contributed by atoms with Crippen molar-refractivity contribution in [3.8, 4) is 0 Å². The zero-order chi connectivity index (χ0) is 25.5. The minimum absolute atomic E-state index is 0.0786. The zero-order valence-corrected chi connectivity index (χ0v) is 29.4. The second kappa shape index (κ2) is 13.0. The molecule has 2 rings (SSSR count). The zero-order valence-electron chi connectivity index (χ0n) is 15.5. The first-order valence-corrected chi connectivity index (χ1v) is 15.4. The summed E-state index contributed by atoms with van der Waals surface area (Å²) in [4.78, 5) is 0. The van der Waals surface area contributed by atoms with Crippen LogP contribution in [-0.2, 0) is 11.2 Å². The van der Waals surface area contributed by atoms with Gasteiger partial charge in [0, 0.05) is 37.2 Å². The monoisotopic (exact) mass is 905 g/mol. The Labute approximate surface area is 274 Å². The van der Waals surface area contributed by atoms with E-state index >= 15 is 0 Å². The fourth-order valence-electron chi connectivity index (χ4n) is 2.60. The first kappa shape index (κ1) is 32.4. The van der Waals surface area contributed by atoms with Crippen LogP contribution in [0.15, 0.2) is 0 Å². The summed E-state index contributed by atoms with van der Waals surface area (Å²) in [6.45, 7) is 0.585. The third-order valence-corrected chi connectivity index (χ3v) is 12.0. The van der Waals surface area contributed by atoms with Crippen molar-refractivity contribution in [3.05, 3.63) is 61.4 Å². The highest BCUT2D eigenvalue weighted by Gasteiger charge is 2.36. The van der Waals surface area contributed by atoms with Gasteiger partial charge in [0.25, 0.3) is 0 Å². The van der Waals surface area contributed by atoms with E-state index in [2.05, 4.69) is 63.7 Å². The molecule has 0 fully saturated rings. The van der Waals surface area contributed by atoms with Crippen molar-refractivity contribution in [3.63, 3.8) is 0 Å². The molecule has 0 unspecified atom stereocenters. The summed E-state index contributed by atoms with van der Waals surface area (Å²) in [6.07, 6.45) is 0.802. The Morgan fingerprint density at radius 1 is 0.424 bits per heavy atom. The number of benzene rings is 2. The molecule has 15 heteroatoms. The fourth-order valence-corrected chi connectivity index (χ4v) is 8.67. The SMILES string of the molecule is Clc1c(Cl)c(Cl)c(C(Br)(Br)CCOCCC(Br)(Br)c2c(Cl)c(Cl)c(Cl)c(Cl)c2Cl)c(Cl)c1Cl. The van der Waals surface area contributed by atoms with Crippen molar-refractivity contribution in [2.75, 3.05) is 13.2 Å². The molecule has 0 atom stereocenters. The van der Waals surface area contributed by atoms with E-state index in [1.807, 2.05) is 0 Å². The lowest BCUT2D eigenvalue weighted by Crippen LogP contribution is -2.18. The Kier molecular flexibility index (Phi) is 12.8. The summed E-state index contributed by atoms with van der Waals surface area (Å²) >= 11 is 76.6. The van der Waals surface area contributed by atoms with Crippen LogP contribution in [0.2, 0.25) is 50.2 Å². The van der Waals surface area contributed by atoms with Crippen molar-refractivity contribution < 1.29 is 4.74 Å². The van der Waals surface area contributed by atoms with E-state index in [1.165, 1.54) is 0 Å². The van der Waals surface area contributed by atoms with Crippen LogP contribution in [0.1, 0.15) is 24.0 Å². The van der Waals surface area contributed by atoms with Crippen LogP contribution in [0.4, 0.5) is 0 Å². The van der Waals surface area contributed by atoms with E-state index < -0.39 is 6.47 Å². The van der Waals surface area contributed by atoms with Crippen molar-refractivity contribution in [2.45, 2.75) is 19.3 Å². The number of alkyl halides is 4. The molecule has 0 aromatic heterocycles. The van der Waals surface area contributed by atoms with Gasteiger partial charge in [0.2, 0.25) is 0 Å². The van der Waals surface area contributed by atoms with E-state index in [0.717, 1.165) is 0 Å². The van der Waals surface area contributed by atoms with Gasteiger partial charge in [-0.05, 0) is 0 Å². The number of halogens is 14. The highest BCUT2D eigenvalue weighted by molar-refractivity contribution is 9.25. The van der Waals surface area contributed by atoms with E-state index in [9.17, 15) is 0 Å². The Morgan fingerprint density at radius 3 is 0.879 bits per heavy atom. The predicted molar refractivity (Wildman–Crippen MR) is 162 cm³/mol. The molecule has 0 aliphatic carbocycles. The molecule has 0 heterocycles. The average molecular weight is 914 g/mol. The summed E-state index contributed by atoms with van der Waals surface area (Å²) in [5.41, 5.74) is 0.876. The average Bonchev–Trinajstić information content (AvgIpc) is 2.73. The molecule has 0 bridgehead atoms. The lowest BCUT2D eigenvalue weighted by Gasteiger charge is -2.26. The van der Waals surface area contributed by atoms with Gasteiger partial charge in [-0.3, -0.25) is 0 Å². The van der Waals surface area contributed by atoms with E-state index in [0.29, 0.717) is 37.2 Å². The molecule has 33 heavy (non-hydrogen) atoms. The normalized spacial score (nSPS) is 12.5. The molecule has 184 valence electrons. The Bertz CT molecular complexity index is 936. The van der Waals surface area contributed by atoms with Gasteiger partial charge in [-0.15, -0.1) is 0 Å². The molecule has 2 aromatic carbocycles. The van der Waals surface area contributed by atoms with Crippen molar-refractivity contribution in [1.29, 1.82) is 0 Å². The lowest BCUT2D eigenvalue weighted by atomic mass is 10.1. The highest BCUT2D eigenvalue weighted by Crippen LogP contribution is 2.55. The van der Waals surface area contributed by atoms with Crippen LogP contribution in [0.5, 0.6) is 0 Å². The molecule has 0 N–H and O–H groups in total. The molecule has 0 aliphatic rings. The van der Waals surface area contributed by atoms with Crippen LogP contribution in [0.3, 0.4) is 0 Å². The first-order chi connectivity index (χ1) is 15.1. The second-order valence-electron chi connectivity index (χ2n) is 6.41. The first-order valence-electron chi connectivity index (χ1n) is 8.43. The van der Waals surface area contributed by atoms with Crippen LogP contribution in [0, 0.1) is 0 Å². The largest absolute Gasteiger partial charge is 0.381 e. The van der Waals surface area contributed by atoms with Crippen molar-refractivity contribution in [2.24, 2.45) is 0 Å². The van der Waals surface area contributed by atoms with Gasteiger partial charge in [0.1, 0.15) is 6.47 Å². The van der Waals surface area contributed by atoms with Crippen LogP contribution in [-0.4, -0.2) is 13.2 Å². The maximum Gasteiger partial charge on any atom is 0.110 e. The summed E-state index contributed by atoms with van der Waals surface area (Å²) in [5.74, 6) is 0. The minimum atomic E-state index is -0.879. The standard InChI is InChI=1S/C18H8Br4Cl10O/c19-17(20,5-7(23)11(27)15(31)12(28)8(5)24)1-3-33-4-2-18(21,22)6-9(25)13(29)16(32)14(30)10(6)26/h1-4H2. The highest BCUT2D eigenvalue weighted by atomic mass is 79.9. The molecular formula is C18H8Br4Cl10O. The third-order valence-electron chi connectivity index (χ3n) is 4.27. The fraction of sp³-hybridized carbons (Fsp3) is 0.333. The van der Waals surface area contributed by atoms with Gasteiger partial charge in [0.05, 0.1) is 50.2 Å². The topological polar surface area (TPSA) is 9.23 Å². The quantitative estimate of drug-likeness (QED) is 0.111. The lowest BCUT2D eigenvalue weighted by molar-refractivity contribution is 0.127. The van der Waals surface area contributed by atoms with E-state index in [4.69, 9.17) is 121 Å². The van der Waals surface area contributed by atoms with Gasteiger partial charge < -0.3 is 4.74 Å². The Balaban J connectivity index is 2.10. The molecule has 2 aromatic rings. The van der Waals surface area contributed by atoms with Gasteiger partial charge in [-0.25, -0.2) is 0 Å². The van der Waals surface area contributed by atoms with Crippen LogP contribution < -0.4 is 0 Å². The second-order valence-corrected chi connectivity index (χ2v) is 17.7. The smallest absolute Gasteiger partial charge is 0.110 e. The molecule has 1 nitrogen and oxygen atoms in total. The van der Waals surface area contributed by atoms with Gasteiger partial charge >= 0.3 is 0 Å². The molecule has 0 saturated carbocycles. The number of hydrogen-bond donors (Lipinski definition) is 0. The van der Waals surface area contributed by atoms with Crippen molar-refractivity contribution in [1.82, 2.24) is 0 Å². The van der Waals surface area contributed by atoms with Gasteiger partial charge in [-0.1, -0.05) is 180 Å². The molecule has 0 radical (unpaired) electrons. The summed E-state index contributed by atoms with van der Waals surface area (Å²) in [5, 5.41) is 1.25. The van der Waals surface area contributed by atoms with E-state index in [1.54, 1.807) is 0 Å². The number of ether oxygens (including phenoxy) is 1. The van der Waals surface area contributed by atoms with Crippen LogP contribution >= 0.6 is 180 Å². The summed E-state index contributed by atoms with van der Waals surface area (Å²) in [6, 6.07) is 0.